The molecule has 1 atom stereocenters. The SMILES string of the molecule is CC(C)CC(CN)Nc1cccc(F)c1[N+](=O)[O-]. The summed E-state index contributed by atoms with van der Waals surface area (Å²) >= 11 is 0. The second-order valence-corrected chi connectivity index (χ2v) is 4.60. The van der Waals surface area contributed by atoms with E-state index in [-0.39, 0.29) is 11.7 Å². The van der Waals surface area contributed by atoms with Crippen LogP contribution < -0.4 is 11.1 Å². The van der Waals surface area contributed by atoms with Crippen LogP contribution >= 0.6 is 0 Å². The number of hydrogen-bond donors (Lipinski definition) is 2. The van der Waals surface area contributed by atoms with Crippen LogP contribution in [-0.4, -0.2) is 17.5 Å². The molecule has 0 saturated heterocycles. The standard InChI is InChI=1S/C12H18FN3O2/c1-8(2)6-9(7-14)15-11-5-3-4-10(13)12(11)16(17)18/h3-5,8-9,15H,6-7,14H2,1-2H3. The molecule has 0 radical (unpaired) electrons. The Balaban J connectivity index is 2.95. The molecule has 0 fully saturated rings. The molecule has 1 unspecified atom stereocenters. The molecule has 0 heterocycles. The Morgan fingerprint density at radius 1 is 1.50 bits per heavy atom. The fourth-order valence-corrected chi connectivity index (χ4v) is 1.82. The smallest absolute Gasteiger partial charge is 0.327 e. The molecule has 100 valence electrons. The van der Waals surface area contributed by atoms with Gasteiger partial charge in [-0.25, -0.2) is 0 Å². The maximum Gasteiger partial charge on any atom is 0.327 e. The summed E-state index contributed by atoms with van der Waals surface area (Å²) in [5, 5.41) is 13.8. The van der Waals surface area contributed by atoms with Crippen molar-refractivity contribution in [2.45, 2.75) is 26.3 Å². The van der Waals surface area contributed by atoms with Gasteiger partial charge in [0.1, 0.15) is 5.69 Å². The van der Waals surface area contributed by atoms with Gasteiger partial charge in [0.2, 0.25) is 5.82 Å². The Bertz CT molecular complexity index is 424. The second-order valence-electron chi connectivity index (χ2n) is 4.60. The molecular weight excluding hydrogens is 237 g/mol. The zero-order chi connectivity index (χ0) is 13.7. The molecule has 0 aromatic heterocycles. The van der Waals surface area contributed by atoms with Crippen molar-refractivity contribution in [3.63, 3.8) is 0 Å². The van der Waals surface area contributed by atoms with Crippen molar-refractivity contribution in [2.24, 2.45) is 11.7 Å². The fraction of sp³-hybridized carbons (Fsp3) is 0.500. The first-order valence-electron chi connectivity index (χ1n) is 5.85. The van der Waals surface area contributed by atoms with E-state index in [9.17, 15) is 14.5 Å². The molecular formula is C12H18FN3O2. The minimum absolute atomic E-state index is 0.106. The Hall–Kier alpha value is -1.69. The lowest BCUT2D eigenvalue weighted by molar-refractivity contribution is -0.386. The van der Waals surface area contributed by atoms with Gasteiger partial charge in [0, 0.05) is 12.6 Å². The van der Waals surface area contributed by atoms with Gasteiger partial charge in [0.05, 0.1) is 4.92 Å². The lowest BCUT2D eigenvalue weighted by Crippen LogP contribution is -2.30. The molecule has 0 amide bonds. The van der Waals surface area contributed by atoms with Gasteiger partial charge in [-0.05, 0) is 24.5 Å². The quantitative estimate of drug-likeness (QED) is 0.604. The third-order valence-electron chi connectivity index (χ3n) is 2.57. The van der Waals surface area contributed by atoms with E-state index in [1.807, 2.05) is 13.8 Å². The zero-order valence-electron chi connectivity index (χ0n) is 10.5. The van der Waals surface area contributed by atoms with Crippen LogP contribution in [0.25, 0.3) is 0 Å². The molecule has 18 heavy (non-hydrogen) atoms. The molecule has 6 heteroatoms. The number of nitrogens with one attached hydrogen (secondary N) is 1. The van der Waals surface area contributed by atoms with Gasteiger partial charge in [0.15, 0.2) is 0 Å². The number of nitrogens with zero attached hydrogens (tertiary/aromatic N) is 1. The van der Waals surface area contributed by atoms with Crippen molar-refractivity contribution in [3.05, 3.63) is 34.1 Å². The van der Waals surface area contributed by atoms with Crippen LogP contribution in [0.2, 0.25) is 0 Å². The van der Waals surface area contributed by atoms with Crippen LogP contribution in [0.1, 0.15) is 20.3 Å². The number of rotatable bonds is 6. The van der Waals surface area contributed by atoms with Crippen molar-refractivity contribution in [3.8, 4) is 0 Å². The van der Waals surface area contributed by atoms with E-state index in [1.165, 1.54) is 12.1 Å². The minimum Gasteiger partial charge on any atom is -0.375 e. The molecule has 0 saturated carbocycles. The first-order chi connectivity index (χ1) is 8.45. The molecule has 0 spiro atoms. The van der Waals surface area contributed by atoms with Crippen molar-refractivity contribution >= 4 is 11.4 Å². The van der Waals surface area contributed by atoms with Crippen LogP contribution in [0, 0.1) is 21.8 Å². The number of halogens is 1. The number of benzene rings is 1. The van der Waals surface area contributed by atoms with Gasteiger partial charge >= 0.3 is 5.69 Å². The van der Waals surface area contributed by atoms with Gasteiger partial charge in [-0.1, -0.05) is 19.9 Å². The third-order valence-corrected chi connectivity index (χ3v) is 2.57. The highest BCUT2D eigenvalue weighted by molar-refractivity contribution is 5.62. The maximum absolute atomic E-state index is 13.4. The van der Waals surface area contributed by atoms with Crippen molar-refractivity contribution in [1.29, 1.82) is 0 Å². The predicted molar refractivity (Wildman–Crippen MR) is 69.0 cm³/mol. The predicted octanol–water partition coefficient (Wildman–Crippen LogP) is 2.52. The first kappa shape index (κ1) is 14.4. The van der Waals surface area contributed by atoms with Gasteiger partial charge in [-0.3, -0.25) is 10.1 Å². The summed E-state index contributed by atoms with van der Waals surface area (Å²) in [5.41, 5.74) is 5.26. The first-order valence-corrected chi connectivity index (χ1v) is 5.85. The topological polar surface area (TPSA) is 81.2 Å². The normalized spacial score (nSPS) is 12.5. The molecule has 0 aliphatic rings. The molecule has 0 bridgehead atoms. The summed E-state index contributed by atoms with van der Waals surface area (Å²) in [6.07, 6.45) is 0.768. The average Bonchev–Trinajstić information content (AvgIpc) is 2.27. The van der Waals surface area contributed by atoms with E-state index in [0.29, 0.717) is 12.5 Å². The van der Waals surface area contributed by atoms with Crippen LogP contribution in [0.5, 0.6) is 0 Å². The van der Waals surface area contributed by atoms with Crippen LogP contribution in [0.3, 0.4) is 0 Å². The number of para-hydroxylation sites is 1. The van der Waals surface area contributed by atoms with Crippen LogP contribution in [0.15, 0.2) is 18.2 Å². The summed E-state index contributed by atoms with van der Waals surface area (Å²) in [4.78, 5) is 10.1. The van der Waals surface area contributed by atoms with Crippen molar-refractivity contribution in [2.75, 3.05) is 11.9 Å². The Labute approximate surface area is 105 Å². The maximum atomic E-state index is 13.4. The van der Waals surface area contributed by atoms with Gasteiger partial charge in [0.25, 0.3) is 0 Å². The zero-order valence-corrected chi connectivity index (χ0v) is 10.5. The third kappa shape index (κ3) is 3.66. The highest BCUT2D eigenvalue weighted by Crippen LogP contribution is 2.28. The van der Waals surface area contributed by atoms with Crippen molar-refractivity contribution in [1.82, 2.24) is 0 Å². The van der Waals surface area contributed by atoms with Gasteiger partial charge in [-0.15, -0.1) is 0 Å². The highest BCUT2D eigenvalue weighted by Gasteiger charge is 2.21. The molecule has 1 aromatic rings. The number of nitro groups is 1. The summed E-state index contributed by atoms with van der Waals surface area (Å²) in [6, 6.07) is 3.90. The van der Waals surface area contributed by atoms with E-state index < -0.39 is 16.4 Å². The second kappa shape index (κ2) is 6.30. The van der Waals surface area contributed by atoms with Crippen molar-refractivity contribution < 1.29 is 9.31 Å². The largest absolute Gasteiger partial charge is 0.375 e. The number of nitrogens with two attached hydrogens (primary N) is 1. The summed E-state index contributed by atoms with van der Waals surface area (Å²) < 4.78 is 13.4. The molecule has 3 N–H and O–H groups in total. The summed E-state index contributed by atoms with van der Waals surface area (Å²) in [5.74, 6) is -0.441. The Kier molecular flexibility index (Phi) is 5.03. The van der Waals surface area contributed by atoms with Gasteiger partial charge in [-0.2, -0.15) is 4.39 Å². The van der Waals surface area contributed by atoms with Crippen LogP contribution in [0.4, 0.5) is 15.8 Å². The minimum atomic E-state index is -0.842. The lowest BCUT2D eigenvalue weighted by Gasteiger charge is -2.19. The monoisotopic (exact) mass is 255 g/mol. The molecule has 1 aromatic carbocycles. The molecule has 0 aliphatic heterocycles. The van der Waals surface area contributed by atoms with E-state index in [2.05, 4.69) is 5.32 Å². The Morgan fingerprint density at radius 2 is 2.17 bits per heavy atom. The average molecular weight is 255 g/mol. The van der Waals surface area contributed by atoms with E-state index in [1.54, 1.807) is 0 Å². The summed E-state index contributed by atoms with van der Waals surface area (Å²) in [7, 11) is 0. The highest BCUT2D eigenvalue weighted by atomic mass is 19.1. The number of nitro benzene ring substituents is 1. The molecule has 5 nitrogen and oxygen atoms in total. The Morgan fingerprint density at radius 3 is 2.67 bits per heavy atom. The van der Waals surface area contributed by atoms with E-state index in [4.69, 9.17) is 5.73 Å². The van der Waals surface area contributed by atoms with Crippen LogP contribution in [-0.2, 0) is 0 Å². The number of hydrogen-bond acceptors (Lipinski definition) is 4. The van der Waals surface area contributed by atoms with E-state index >= 15 is 0 Å². The summed E-state index contributed by atoms with van der Waals surface area (Å²) in [6.45, 7) is 4.40. The molecule has 1 rings (SSSR count). The lowest BCUT2D eigenvalue weighted by atomic mass is 10.0. The van der Waals surface area contributed by atoms with Gasteiger partial charge < -0.3 is 11.1 Å². The number of anilines is 1. The van der Waals surface area contributed by atoms with E-state index in [0.717, 1.165) is 12.5 Å². The fourth-order valence-electron chi connectivity index (χ4n) is 1.82. The molecule has 0 aliphatic carbocycles.